The van der Waals surface area contributed by atoms with E-state index in [2.05, 4.69) is 53.1 Å². The molecule has 3 rings (SSSR count). The number of aryl methyl sites for hydroxylation is 1. The Morgan fingerprint density at radius 3 is 2.53 bits per heavy atom. The number of rotatable bonds is 4. The van der Waals surface area contributed by atoms with E-state index in [0.717, 1.165) is 25.2 Å². The normalized spacial score (nSPS) is 16.5. The summed E-state index contributed by atoms with van der Waals surface area (Å²) in [5.41, 5.74) is 3.01. The van der Waals surface area contributed by atoms with E-state index in [9.17, 15) is 0 Å². The molecule has 0 bridgehead atoms. The van der Waals surface area contributed by atoms with Crippen molar-refractivity contribution in [3.8, 4) is 0 Å². The molecule has 1 heterocycles. The van der Waals surface area contributed by atoms with Crippen molar-refractivity contribution in [1.29, 1.82) is 0 Å². The van der Waals surface area contributed by atoms with Crippen LogP contribution in [0.25, 0.3) is 0 Å². The van der Waals surface area contributed by atoms with E-state index in [-0.39, 0.29) is 0 Å². The smallest absolute Gasteiger partial charge is 0.125 e. The van der Waals surface area contributed by atoms with Crippen LogP contribution in [0.3, 0.4) is 0 Å². The predicted molar refractivity (Wildman–Crippen MR) is 77.0 cm³/mol. The first-order valence-corrected chi connectivity index (χ1v) is 7.07. The lowest BCUT2D eigenvalue weighted by Gasteiger charge is -2.23. The molecular formula is C16H21N3. The van der Waals surface area contributed by atoms with Gasteiger partial charge in [0.05, 0.1) is 6.04 Å². The van der Waals surface area contributed by atoms with Crippen LogP contribution in [0.2, 0.25) is 0 Å². The highest BCUT2D eigenvalue weighted by Gasteiger charge is 2.30. The molecule has 2 aromatic rings. The van der Waals surface area contributed by atoms with Crippen molar-refractivity contribution in [1.82, 2.24) is 14.9 Å². The summed E-state index contributed by atoms with van der Waals surface area (Å²) < 4.78 is 2.14. The molecule has 0 spiro atoms. The van der Waals surface area contributed by atoms with Crippen LogP contribution in [-0.4, -0.2) is 16.1 Å². The lowest BCUT2D eigenvalue weighted by Crippen LogP contribution is -2.31. The minimum atomic E-state index is 0.345. The molecule has 0 saturated carbocycles. The minimum Gasteiger partial charge on any atom is -0.337 e. The van der Waals surface area contributed by atoms with Crippen LogP contribution in [0.15, 0.2) is 36.7 Å². The molecule has 1 unspecified atom stereocenters. The first-order chi connectivity index (χ1) is 9.29. The molecule has 0 aliphatic heterocycles. The summed E-state index contributed by atoms with van der Waals surface area (Å²) in [6.07, 6.45) is 6.23. The van der Waals surface area contributed by atoms with Crippen molar-refractivity contribution in [2.45, 2.75) is 25.8 Å². The maximum atomic E-state index is 4.54. The summed E-state index contributed by atoms with van der Waals surface area (Å²) in [7, 11) is 2.08. The number of nitrogens with zero attached hydrogens (tertiary/aromatic N) is 2. The number of nitrogens with one attached hydrogen (secondary N) is 1. The summed E-state index contributed by atoms with van der Waals surface area (Å²) >= 11 is 0. The Balaban J connectivity index is 1.86. The maximum absolute atomic E-state index is 4.54. The van der Waals surface area contributed by atoms with Gasteiger partial charge in [0.15, 0.2) is 0 Å². The topological polar surface area (TPSA) is 29.9 Å². The maximum Gasteiger partial charge on any atom is 0.125 e. The Morgan fingerprint density at radius 1 is 1.32 bits per heavy atom. The zero-order valence-electron chi connectivity index (χ0n) is 11.6. The van der Waals surface area contributed by atoms with Crippen LogP contribution in [0, 0.1) is 5.92 Å². The number of hydrogen-bond acceptors (Lipinski definition) is 2. The molecule has 0 amide bonds. The Labute approximate surface area is 114 Å². The molecule has 1 aromatic carbocycles. The van der Waals surface area contributed by atoms with Crippen LogP contribution in [0.1, 0.15) is 29.9 Å². The molecule has 0 radical (unpaired) electrons. The van der Waals surface area contributed by atoms with E-state index in [1.807, 2.05) is 12.4 Å². The molecule has 100 valence electrons. The zero-order valence-corrected chi connectivity index (χ0v) is 11.6. The van der Waals surface area contributed by atoms with E-state index in [1.54, 1.807) is 0 Å². The molecule has 0 fully saturated rings. The lowest BCUT2D eigenvalue weighted by atomic mass is 9.95. The number of hydrogen-bond donors (Lipinski definition) is 1. The van der Waals surface area contributed by atoms with E-state index in [1.165, 1.54) is 11.1 Å². The van der Waals surface area contributed by atoms with Crippen molar-refractivity contribution >= 4 is 0 Å². The Morgan fingerprint density at radius 2 is 2.00 bits per heavy atom. The van der Waals surface area contributed by atoms with Crippen LogP contribution in [0.4, 0.5) is 0 Å². The van der Waals surface area contributed by atoms with Gasteiger partial charge in [0.2, 0.25) is 0 Å². The third-order valence-electron chi connectivity index (χ3n) is 4.11. The standard InChI is InChI=1S/C16H21N3/c1-3-17-15(16-18-8-9-19(16)2)14-10-12-6-4-5-7-13(12)11-14/h4-9,14-15,17H,3,10-11H2,1-2H3. The van der Waals surface area contributed by atoms with Crippen molar-refractivity contribution in [2.24, 2.45) is 13.0 Å². The summed E-state index contributed by atoms with van der Waals surface area (Å²) in [5, 5.41) is 3.62. The second-order valence-electron chi connectivity index (χ2n) is 5.37. The van der Waals surface area contributed by atoms with Crippen LogP contribution >= 0.6 is 0 Å². The Kier molecular flexibility index (Phi) is 3.38. The van der Waals surface area contributed by atoms with E-state index >= 15 is 0 Å². The molecule has 3 nitrogen and oxygen atoms in total. The summed E-state index contributed by atoms with van der Waals surface area (Å²) in [4.78, 5) is 4.54. The van der Waals surface area contributed by atoms with Crippen molar-refractivity contribution in [3.63, 3.8) is 0 Å². The molecule has 1 atom stereocenters. The average Bonchev–Trinajstić information content (AvgIpc) is 3.02. The monoisotopic (exact) mass is 255 g/mol. The fraction of sp³-hybridized carbons (Fsp3) is 0.438. The van der Waals surface area contributed by atoms with E-state index in [4.69, 9.17) is 0 Å². The van der Waals surface area contributed by atoms with Gasteiger partial charge in [0, 0.05) is 19.4 Å². The molecule has 1 N–H and O–H groups in total. The third kappa shape index (κ3) is 2.30. The minimum absolute atomic E-state index is 0.345. The number of benzene rings is 1. The number of fused-ring (bicyclic) bond motifs is 1. The van der Waals surface area contributed by atoms with E-state index in [0.29, 0.717) is 12.0 Å². The van der Waals surface area contributed by atoms with Crippen LogP contribution in [0.5, 0.6) is 0 Å². The van der Waals surface area contributed by atoms with Crippen molar-refractivity contribution < 1.29 is 0 Å². The Hall–Kier alpha value is -1.61. The predicted octanol–water partition coefficient (Wildman–Crippen LogP) is 2.49. The fourth-order valence-electron chi connectivity index (χ4n) is 3.19. The average molecular weight is 255 g/mol. The van der Waals surface area contributed by atoms with Gasteiger partial charge in [-0.1, -0.05) is 31.2 Å². The highest BCUT2D eigenvalue weighted by molar-refractivity contribution is 5.33. The molecule has 1 aliphatic carbocycles. The van der Waals surface area contributed by atoms with Gasteiger partial charge in [-0.2, -0.15) is 0 Å². The van der Waals surface area contributed by atoms with Gasteiger partial charge in [-0.3, -0.25) is 0 Å². The van der Waals surface area contributed by atoms with Gasteiger partial charge in [0.1, 0.15) is 5.82 Å². The van der Waals surface area contributed by atoms with Crippen LogP contribution in [-0.2, 0) is 19.9 Å². The molecule has 0 saturated heterocycles. The first kappa shape index (κ1) is 12.4. The fourth-order valence-corrected chi connectivity index (χ4v) is 3.19. The summed E-state index contributed by atoms with van der Waals surface area (Å²) in [5.74, 6) is 1.76. The van der Waals surface area contributed by atoms with Crippen molar-refractivity contribution in [2.75, 3.05) is 6.54 Å². The summed E-state index contributed by atoms with van der Waals surface area (Å²) in [6, 6.07) is 9.15. The molecular weight excluding hydrogens is 234 g/mol. The molecule has 3 heteroatoms. The van der Waals surface area contributed by atoms with Crippen LogP contribution < -0.4 is 5.32 Å². The van der Waals surface area contributed by atoms with Gasteiger partial charge in [0.25, 0.3) is 0 Å². The molecule has 1 aromatic heterocycles. The van der Waals surface area contributed by atoms with Gasteiger partial charge in [-0.05, 0) is 36.4 Å². The van der Waals surface area contributed by atoms with Gasteiger partial charge >= 0.3 is 0 Å². The second-order valence-corrected chi connectivity index (χ2v) is 5.37. The first-order valence-electron chi connectivity index (χ1n) is 7.07. The summed E-state index contributed by atoms with van der Waals surface area (Å²) in [6.45, 7) is 3.14. The highest BCUT2D eigenvalue weighted by Crippen LogP contribution is 2.34. The molecule has 19 heavy (non-hydrogen) atoms. The second kappa shape index (κ2) is 5.17. The Bertz CT molecular complexity index is 534. The lowest BCUT2D eigenvalue weighted by molar-refractivity contribution is 0.358. The number of imidazole rings is 1. The number of aromatic nitrogens is 2. The third-order valence-corrected chi connectivity index (χ3v) is 4.11. The van der Waals surface area contributed by atoms with E-state index < -0.39 is 0 Å². The highest BCUT2D eigenvalue weighted by atomic mass is 15.1. The molecule has 1 aliphatic rings. The van der Waals surface area contributed by atoms with Gasteiger partial charge in [-0.25, -0.2) is 4.98 Å². The van der Waals surface area contributed by atoms with Crippen molar-refractivity contribution in [3.05, 3.63) is 53.6 Å². The largest absolute Gasteiger partial charge is 0.337 e. The quantitative estimate of drug-likeness (QED) is 0.909. The van der Waals surface area contributed by atoms with Gasteiger partial charge in [-0.15, -0.1) is 0 Å². The SMILES string of the molecule is CCNC(c1nccn1C)C1Cc2ccccc2C1. The van der Waals surface area contributed by atoms with Gasteiger partial charge < -0.3 is 9.88 Å². The zero-order chi connectivity index (χ0) is 13.2.